The van der Waals surface area contributed by atoms with Gasteiger partial charge in [0.25, 0.3) is 5.22 Å². The smallest absolute Gasteiger partial charge is 0.412 e. The maximum absolute atomic E-state index is 12.4. The SMILES string of the molecule is CC(OC(=O)Nc1c(C#Cc2nc3nc(CCCCC(=O)O)sc3s2)noc1Cl)c1ccccc1. The lowest BCUT2D eigenvalue weighted by atomic mass is 10.1. The van der Waals surface area contributed by atoms with Crippen LogP contribution in [0.15, 0.2) is 34.9 Å². The number of carboxylic acids is 1. The summed E-state index contributed by atoms with van der Waals surface area (Å²) in [4.78, 5) is 31.9. The van der Waals surface area contributed by atoms with Gasteiger partial charge < -0.3 is 14.4 Å². The predicted octanol–water partition coefficient (Wildman–Crippen LogP) is 5.90. The van der Waals surface area contributed by atoms with Gasteiger partial charge in [-0.3, -0.25) is 10.1 Å². The second kappa shape index (κ2) is 11.3. The van der Waals surface area contributed by atoms with E-state index in [1.807, 2.05) is 30.3 Å². The van der Waals surface area contributed by atoms with E-state index in [9.17, 15) is 9.59 Å². The number of unbranched alkanes of at least 4 members (excludes halogenated alkanes) is 1. The first-order chi connectivity index (χ1) is 16.9. The van der Waals surface area contributed by atoms with Crippen LogP contribution in [-0.2, 0) is 16.0 Å². The molecule has 3 aromatic heterocycles. The first-order valence-corrected chi connectivity index (χ1v) is 12.6. The molecule has 1 aromatic carbocycles. The minimum atomic E-state index is -0.791. The summed E-state index contributed by atoms with van der Waals surface area (Å²) < 4.78 is 11.3. The third-order valence-corrected chi connectivity index (χ3v) is 7.18. The van der Waals surface area contributed by atoms with Crippen molar-refractivity contribution in [1.82, 2.24) is 15.1 Å². The summed E-state index contributed by atoms with van der Waals surface area (Å²) >= 11 is 8.94. The molecule has 3 heterocycles. The van der Waals surface area contributed by atoms with Crippen LogP contribution >= 0.6 is 34.3 Å². The van der Waals surface area contributed by atoms with E-state index in [1.165, 1.54) is 22.7 Å². The second-order valence-electron chi connectivity index (χ2n) is 7.35. The molecule has 4 rings (SSSR count). The molecule has 0 saturated carbocycles. The number of ether oxygens (including phenoxy) is 1. The number of nitrogens with zero attached hydrogens (tertiary/aromatic N) is 3. The molecule has 0 aliphatic rings. The van der Waals surface area contributed by atoms with E-state index in [4.69, 9.17) is 26.0 Å². The van der Waals surface area contributed by atoms with E-state index in [2.05, 4.69) is 32.3 Å². The first kappa shape index (κ1) is 24.7. The fourth-order valence-electron chi connectivity index (χ4n) is 3.06. The average Bonchev–Trinajstić information content (AvgIpc) is 3.49. The standard InChI is InChI=1S/C23H19ClN4O5S2/c1-13(14-7-3-2-4-8-14)32-23(31)27-19-15(28-33-20(19)24)11-12-17-26-21-22(35-17)34-16(25-21)9-5-6-10-18(29)30/h2-4,7-8,13H,5-6,9-10H2,1H3,(H,27,31)(H,29,30). The van der Waals surface area contributed by atoms with Gasteiger partial charge in [-0.1, -0.05) is 46.8 Å². The molecule has 4 aromatic rings. The topological polar surface area (TPSA) is 127 Å². The molecule has 0 saturated heterocycles. The van der Waals surface area contributed by atoms with Gasteiger partial charge in [-0.05, 0) is 55.2 Å². The fourth-order valence-corrected chi connectivity index (χ4v) is 5.29. The van der Waals surface area contributed by atoms with Gasteiger partial charge in [0.05, 0.1) is 5.01 Å². The summed E-state index contributed by atoms with van der Waals surface area (Å²) in [6.45, 7) is 1.76. The molecule has 0 spiro atoms. The summed E-state index contributed by atoms with van der Waals surface area (Å²) in [5.74, 6) is 4.93. The molecular formula is C23H19ClN4O5S2. The van der Waals surface area contributed by atoms with E-state index in [0.717, 1.165) is 21.0 Å². The van der Waals surface area contributed by atoms with E-state index in [1.54, 1.807) is 6.92 Å². The van der Waals surface area contributed by atoms with Gasteiger partial charge in [0.15, 0.2) is 16.3 Å². The number of aliphatic carboxylic acids is 1. The molecule has 0 bridgehead atoms. The number of amides is 1. The number of rotatable bonds is 8. The van der Waals surface area contributed by atoms with Crippen LogP contribution < -0.4 is 5.32 Å². The van der Waals surface area contributed by atoms with E-state index < -0.39 is 18.2 Å². The van der Waals surface area contributed by atoms with Crippen LogP contribution in [0, 0.1) is 11.8 Å². The second-order valence-corrected chi connectivity index (χ2v) is 10.0. The van der Waals surface area contributed by atoms with Crippen LogP contribution in [0.2, 0.25) is 5.22 Å². The van der Waals surface area contributed by atoms with Crippen LogP contribution in [0.5, 0.6) is 0 Å². The van der Waals surface area contributed by atoms with E-state index in [0.29, 0.717) is 23.5 Å². The molecule has 0 fully saturated rings. The number of carboxylic acid groups (broad SMARTS) is 1. The van der Waals surface area contributed by atoms with Crippen LogP contribution in [0.25, 0.3) is 9.66 Å². The minimum absolute atomic E-state index is 0.115. The molecular weight excluding hydrogens is 512 g/mol. The van der Waals surface area contributed by atoms with Gasteiger partial charge in [0.2, 0.25) is 0 Å². The number of hydrogen-bond acceptors (Lipinski definition) is 9. The number of fused-ring (bicyclic) bond motifs is 1. The Morgan fingerprint density at radius 3 is 2.74 bits per heavy atom. The van der Waals surface area contributed by atoms with Crippen molar-refractivity contribution in [3.63, 3.8) is 0 Å². The van der Waals surface area contributed by atoms with E-state index in [-0.39, 0.29) is 23.0 Å². The molecule has 2 N–H and O–H groups in total. The number of anilines is 1. The number of halogens is 1. The van der Waals surface area contributed by atoms with Crippen molar-refractivity contribution in [1.29, 1.82) is 0 Å². The van der Waals surface area contributed by atoms with Crippen molar-refractivity contribution < 1.29 is 24.0 Å². The molecule has 0 aliphatic carbocycles. The highest BCUT2D eigenvalue weighted by Crippen LogP contribution is 2.30. The van der Waals surface area contributed by atoms with Crippen molar-refractivity contribution in [2.75, 3.05) is 5.32 Å². The fraction of sp³-hybridized carbons (Fsp3) is 0.261. The van der Waals surface area contributed by atoms with Crippen molar-refractivity contribution in [2.45, 2.75) is 38.7 Å². The molecule has 180 valence electrons. The van der Waals surface area contributed by atoms with Gasteiger partial charge in [-0.2, -0.15) is 0 Å². The zero-order valence-corrected chi connectivity index (χ0v) is 20.8. The molecule has 1 amide bonds. The normalized spacial score (nSPS) is 11.6. The highest BCUT2D eigenvalue weighted by molar-refractivity contribution is 7.38. The first-order valence-electron chi connectivity index (χ1n) is 10.6. The van der Waals surface area contributed by atoms with Crippen molar-refractivity contribution >= 4 is 61.7 Å². The maximum atomic E-state index is 12.4. The summed E-state index contributed by atoms with van der Waals surface area (Å²) in [5, 5.41) is 16.4. The van der Waals surface area contributed by atoms with Gasteiger partial charge in [-0.15, -0.1) is 11.3 Å². The third kappa shape index (κ3) is 6.57. The Morgan fingerprint density at radius 1 is 1.20 bits per heavy atom. The lowest BCUT2D eigenvalue weighted by Gasteiger charge is -2.13. The zero-order chi connectivity index (χ0) is 24.8. The molecule has 0 radical (unpaired) electrons. The number of carbonyl (C=O) groups excluding carboxylic acids is 1. The minimum Gasteiger partial charge on any atom is -0.481 e. The van der Waals surface area contributed by atoms with Crippen LogP contribution in [-0.4, -0.2) is 32.3 Å². The Hall–Kier alpha value is -3.46. The third-order valence-electron chi connectivity index (χ3n) is 4.77. The Labute approximate surface area is 213 Å². The monoisotopic (exact) mass is 530 g/mol. The Morgan fingerprint density at radius 2 is 2.00 bits per heavy atom. The Kier molecular flexibility index (Phi) is 7.97. The number of nitrogens with one attached hydrogen (secondary N) is 1. The average molecular weight is 531 g/mol. The summed E-state index contributed by atoms with van der Waals surface area (Å²) in [5.41, 5.74) is 1.71. The lowest BCUT2D eigenvalue weighted by Crippen LogP contribution is -2.16. The molecule has 1 atom stereocenters. The van der Waals surface area contributed by atoms with Gasteiger partial charge in [-0.25, -0.2) is 14.8 Å². The number of hydrogen-bond donors (Lipinski definition) is 2. The number of carbonyl (C=O) groups is 2. The largest absolute Gasteiger partial charge is 0.481 e. The molecule has 0 aliphatic heterocycles. The van der Waals surface area contributed by atoms with Crippen molar-refractivity contribution in [3.8, 4) is 11.8 Å². The van der Waals surface area contributed by atoms with Crippen LogP contribution in [0.4, 0.5) is 10.5 Å². The van der Waals surface area contributed by atoms with Gasteiger partial charge in [0, 0.05) is 6.42 Å². The highest BCUT2D eigenvalue weighted by Gasteiger charge is 2.19. The van der Waals surface area contributed by atoms with Gasteiger partial charge in [0.1, 0.15) is 15.8 Å². The summed E-state index contributed by atoms with van der Waals surface area (Å²) in [6.07, 6.45) is 1.06. The predicted molar refractivity (Wildman–Crippen MR) is 133 cm³/mol. The quantitative estimate of drug-likeness (QED) is 0.213. The molecule has 9 nitrogen and oxygen atoms in total. The Balaban J connectivity index is 1.39. The van der Waals surface area contributed by atoms with Crippen molar-refractivity contribution in [2.24, 2.45) is 0 Å². The summed E-state index contributed by atoms with van der Waals surface area (Å²) in [7, 11) is 0. The maximum Gasteiger partial charge on any atom is 0.412 e. The van der Waals surface area contributed by atoms with Crippen LogP contribution in [0.3, 0.4) is 0 Å². The van der Waals surface area contributed by atoms with Gasteiger partial charge >= 0.3 is 12.1 Å². The highest BCUT2D eigenvalue weighted by atomic mass is 35.5. The van der Waals surface area contributed by atoms with E-state index >= 15 is 0 Å². The Bertz CT molecular complexity index is 1370. The number of aryl methyl sites for hydroxylation is 1. The summed E-state index contributed by atoms with van der Waals surface area (Å²) in [6, 6.07) is 9.32. The van der Waals surface area contributed by atoms with Crippen LogP contribution in [0.1, 0.15) is 53.6 Å². The number of thiazole rings is 2. The number of aromatic nitrogens is 3. The molecule has 1 unspecified atom stereocenters. The lowest BCUT2D eigenvalue weighted by molar-refractivity contribution is -0.137. The van der Waals surface area contributed by atoms with Crippen molar-refractivity contribution in [3.05, 3.63) is 56.8 Å². The zero-order valence-electron chi connectivity index (χ0n) is 18.4. The molecule has 35 heavy (non-hydrogen) atoms. The molecule has 12 heteroatoms. The number of benzene rings is 1.